The molecule has 0 heterocycles. The minimum atomic E-state index is -0.328. The number of carbonyl (C=O) groups is 2. The number of methoxy groups -OCH3 is 1. The lowest BCUT2D eigenvalue weighted by atomic mass is 9.96. The first kappa shape index (κ1) is 13.7. The Morgan fingerprint density at radius 2 is 2.26 bits per heavy atom. The molecule has 1 amide bonds. The van der Waals surface area contributed by atoms with Gasteiger partial charge < -0.3 is 10.1 Å². The molecule has 4 nitrogen and oxygen atoms in total. The van der Waals surface area contributed by atoms with Crippen LogP contribution in [0.3, 0.4) is 0 Å². The van der Waals surface area contributed by atoms with E-state index < -0.39 is 0 Å². The number of aryl methyl sites for hydroxylation is 1. The van der Waals surface area contributed by atoms with E-state index >= 15 is 0 Å². The Bertz CT molecular complexity index is 496. The average molecular weight is 261 g/mol. The van der Waals surface area contributed by atoms with Crippen molar-refractivity contribution < 1.29 is 14.3 Å². The van der Waals surface area contributed by atoms with Crippen molar-refractivity contribution in [1.82, 2.24) is 5.32 Å². The Balaban J connectivity index is 2.07. The topological polar surface area (TPSA) is 55.4 Å². The molecule has 19 heavy (non-hydrogen) atoms. The predicted octanol–water partition coefficient (Wildman–Crippen LogP) is 1.82. The van der Waals surface area contributed by atoms with E-state index in [0.717, 1.165) is 17.5 Å². The summed E-state index contributed by atoms with van der Waals surface area (Å²) in [5.74, 6) is -0.320. The third-order valence-electron chi connectivity index (χ3n) is 3.50. The van der Waals surface area contributed by atoms with Gasteiger partial charge in [0.05, 0.1) is 5.92 Å². The lowest BCUT2D eigenvalue weighted by Gasteiger charge is -2.13. The first-order valence-electron chi connectivity index (χ1n) is 6.54. The Morgan fingerprint density at radius 1 is 1.47 bits per heavy atom. The molecule has 0 radical (unpaired) electrons. The second-order valence-corrected chi connectivity index (χ2v) is 4.85. The summed E-state index contributed by atoms with van der Waals surface area (Å²) in [4.78, 5) is 24.1. The fraction of sp³-hybridized carbons (Fsp3) is 0.467. The number of rotatable bonds is 5. The van der Waals surface area contributed by atoms with Crippen molar-refractivity contribution in [3.63, 3.8) is 0 Å². The summed E-state index contributed by atoms with van der Waals surface area (Å²) >= 11 is 0. The number of fused-ring (bicyclic) bond motifs is 1. The Morgan fingerprint density at radius 3 is 3.00 bits per heavy atom. The minimum absolute atomic E-state index is 0.0579. The van der Waals surface area contributed by atoms with E-state index in [1.165, 1.54) is 0 Å². The number of amides is 1. The van der Waals surface area contributed by atoms with Crippen LogP contribution in [0.5, 0.6) is 0 Å². The third kappa shape index (κ3) is 2.84. The number of hydrogen-bond acceptors (Lipinski definition) is 3. The highest BCUT2D eigenvalue weighted by molar-refractivity contribution is 6.07. The summed E-state index contributed by atoms with van der Waals surface area (Å²) in [6, 6.07) is 5.62. The van der Waals surface area contributed by atoms with E-state index in [0.29, 0.717) is 18.7 Å². The number of ketones is 1. The molecule has 4 heteroatoms. The number of Topliss-reactive ketones (excluding diaryl/α,β-unsaturated/α-hetero) is 1. The molecule has 1 aromatic rings. The van der Waals surface area contributed by atoms with Crippen molar-refractivity contribution >= 4 is 11.7 Å². The van der Waals surface area contributed by atoms with Gasteiger partial charge in [-0.05, 0) is 24.5 Å². The van der Waals surface area contributed by atoms with Crippen molar-refractivity contribution in [1.29, 1.82) is 0 Å². The van der Waals surface area contributed by atoms with Gasteiger partial charge in [0.15, 0.2) is 5.78 Å². The predicted molar refractivity (Wildman–Crippen MR) is 72.4 cm³/mol. The van der Waals surface area contributed by atoms with Crippen LogP contribution in [0, 0.1) is 6.92 Å². The van der Waals surface area contributed by atoms with E-state index in [1.807, 2.05) is 25.1 Å². The molecule has 0 bridgehead atoms. The molecule has 0 aromatic heterocycles. The van der Waals surface area contributed by atoms with Crippen LogP contribution in [0.15, 0.2) is 18.2 Å². The fourth-order valence-electron chi connectivity index (χ4n) is 2.56. The van der Waals surface area contributed by atoms with Gasteiger partial charge in [0.1, 0.15) is 0 Å². The SMILES string of the molecule is COCCCNC(=O)C1CC(=O)c2cccc(C)c21. The van der Waals surface area contributed by atoms with Gasteiger partial charge in [0, 0.05) is 32.2 Å². The van der Waals surface area contributed by atoms with Crippen LogP contribution in [0.2, 0.25) is 0 Å². The second kappa shape index (κ2) is 5.97. The highest BCUT2D eigenvalue weighted by Gasteiger charge is 2.34. The van der Waals surface area contributed by atoms with Gasteiger partial charge in [-0.3, -0.25) is 9.59 Å². The molecular formula is C15H19NO3. The van der Waals surface area contributed by atoms with Crippen LogP contribution < -0.4 is 5.32 Å². The van der Waals surface area contributed by atoms with Crippen LogP contribution in [-0.4, -0.2) is 32.0 Å². The van der Waals surface area contributed by atoms with Gasteiger partial charge in [-0.1, -0.05) is 18.2 Å². The molecular weight excluding hydrogens is 242 g/mol. The van der Waals surface area contributed by atoms with Crippen molar-refractivity contribution in [2.75, 3.05) is 20.3 Å². The van der Waals surface area contributed by atoms with Gasteiger partial charge in [0.25, 0.3) is 0 Å². The van der Waals surface area contributed by atoms with Crippen molar-refractivity contribution in [2.45, 2.75) is 25.7 Å². The largest absolute Gasteiger partial charge is 0.385 e. The fourth-order valence-corrected chi connectivity index (χ4v) is 2.56. The summed E-state index contributed by atoms with van der Waals surface area (Å²) < 4.78 is 4.94. The zero-order valence-corrected chi connectivity index (χ0v) is 11.4. The van der Waals surface area contributed by atoms with Crippen LogP contribution in [0.4, 0.5) is 0 Å². The normalized spacial score (nSPS) is 17.4. The molecule has 0 aliphatic heterocycles. The maximum atomic E-state index is 12.2. The number of nitrogens with one attached hydrogen (secondary N) is 1. The maximum absolute atomic E-state index is 12.2. The number of carbonyl (C=O) groups excluding carboxylic acids is 2. The molecule has 102 valence electrons. The molecule has 0 saturated heterocycles. The Kier molecular flexibility index (Phi) is 4.32. The lowest BCUT2D eigenvalue weighted by molar-refractivity contribution is -0.122. The molecule has 0 spiro atoms. The molecule has 1 aliphatic carbocycles. The van der Waals surface area contributed by atoms with E-state index in [2.05, 4.69) is 5.32 Å². The zero-order valence-electron chi connectivity index (χ0n) is 11.4. The first-order chi connectivity index (χ1) is 9.15. The third-order valence-corrected chi connectivity index (χ3v) is 3.50. The summed E-state index contributed by atoms with van der Waals surface area (Å²) in [5.41, 5.74) is 2.62. The molecule has 1 aromatic carbocycles. The van der Waals surface area contributed by atoms with Gasteiger partial charge in [-0.15, -0.1) is 0 Å². The highest BCUT2D eigenvalue weighted by Crippen LogP contribution is 2.35. The van der Waals surface area contributed by atoms with Crippen molar-refractivity contribution in [3.05, 3.63) is 34.9 Å². The van der Waals surface area contributed by atoms with E-state index in [9.17, 15) is 9.59 Å². The van der Waals surface area contributed by atoms with Crippen LogP contribution >= 0.6 is 0 Å². The van der Waals surface area contributed by atoms with Gasteiger partial charge in [-0.2, -0.15) is 0 Å². The quantitative estimate of drug-likeness (QED) is 0.822. The lowest BCUT2D eigenvalue weighted by Crippen LogP contribution is -2.30. The molecule has 0 saturated carbocycles. The summed E-state index contributed by atoms with van der Waals surface area (Å²) in [6.07, 6.45) is 1.07. The standard InChI is InChI=1S/C15H19NO3/c1-10-5-3-6-11-13(17)9-12(14(10)11)15(18)16-7-4-8-19-2/h3,5-6,12H,4,7-9H2,1-2H3,(H,16,18). The summed E-state index contributed by atoms with van der Waals surface area (Å²) in [5, 5.41) is 2.88. The minimum Gasteiger partial charge on any atom is -0.385 e. The van der Waals surface area contributed by atoms with Crippen LogP contribution in [-0.2, 0) is 9.53 Å². The van der Waals surface area contributed by atoms with E-state index in [4.69, 9.17) is 4.74 Å². The summed E-state index contributed by atoms with van der Waals surface area (Å²) in [6.45, 7) is 3.15. The van der Waals surface area contributed by atoms with E-state index in [-0.39, 0.29) is 24.0 Å². The zero-order chi connectivity index (χ0) is 13.8. The molecule has 1 unspecified atom stereocenters. The number of hydrogen-bond donors (Lipinski definition) is 1. The molecule has 0 fully saturated rings. The van der Waals surface area contributed by atoms with Gasteiger partial charge in [-0.25, -0.2) is 0 Å². The van der Waals surface area contributed by atoms with Crippen LogP contribution in [0.1, 0.15) is 40.2 Å². The van der Waals surface area contributed by atoms with Gasteiger partial charge in [0.2, 0.25) is 5.91 Å². The van der Waals surface area contributed by atoms with Crippen LogP contribution in [0.25, 0.3) is 0 Å². The number of benzene rings is 1. The Hall–Kier alpha value is -1.68. The van der Waals surface area contributed by atoms with Gasteiger partial charge >= 0.3 is 0 Å². The summed E-state index contributed by atoms with van der Waals surface area (Å²) in [7, 11) is 1.64. The first-order valence-corrected chi connectivity index (χ1v) is 6.54. The molecule has 1 N–H and O–H groups in total. The monoisotopic (exact) mass is 261 g/mol. The highest BCUT2D eigenvalue weighted by atomic mass is 16.5. The molecule has 1 aliphatic rings. The Labute approximate surface area is 113 Å². The van der Waals surface area contributed by atoms with Crippen molar-refractivity contribution in [3.8, 4) is 0 Å². The second-order valence-electron chi connectivity index (χ2n) is 4.85. The average Bonchev–Trinajstić information content (AvgIpc) is 2.74. The maximum Gasteiger partial charge on any atom is 0.228 e. The van der Waals surface area contributed by atoms with E-state index in [1.54, 1.807) is 7.11 Å². The molecule has 1 atom stereocenters. The smallest absolute Gasteiger partial charge is 0.228 e. The van der Waals surface area contributed by atoms with Crippen molar-refractivity contribution in [2.24, 2.45) is 0 Å². The molecule has 2 rings (SSSR count). The number of ether oxygens (including phenoxy) is 1.